The van der Waals surface area contributed by atoms with Crippen molar-refractivity contribution in [3.8, 4) is 17.1 Å². The number of aromatic nitrogens is 5. The zero-order valence-electron chi connectivity index (χ0n) is 25.3. The van der Waals surface area contributed by atoms with Crippen molar-refractivity contribution in [2.75, 3.05) is 43.4 Å². The van der Waals surface area contributed by atoms with E-state index in [1.54, 1.807) is 30.3 Å². The third-order valence-corrected chi connectivity index (χ3v) is 9.03. The average Bonchev–Trinajstić information content (AvgIpc) is 3.06. The van der Waals surface area contributed by atoms with Gasteiger partial charge in [-0.25, -0.2) is 15.0 Å². The Morgan fingerprint density at radius 2 is 1.58 bits per heavy atom. The summed E-state index contributed by atoms with van der Waals surface area (Å²) in [6.07, 6.45) is 2.43. The summed E-state index contributed by atoms with van der Waals surface area (Å²) in [6.45, 7) is 7.83. The Bertz CT molecular complexity index is 1880. The molecule has 1 aliphatic rings. The molecule has 1 fully saturated rings. The van der Waals surface area contributed by atoms with Crippen LogP contribution >= 0.6 is 23.2 Å². The fourth-order valence-corrected chi connectivity index (χ4v) is 6.05. The van der Waals surface area contributed by atoms with Gasteiger partial charge in [0, 0.05) is 43.8 Å². The van der Waals surface area contributed by atoms with E-state index in [4.69, 9.17) is 38.3 Å². The van der Waals surface area contributed by atoms with Gasteiger partial charge in [0.25, 0.3) is 5.56 Å². The van der Waals surface area contributed by atoms with Crippen molar-refractivity contribution in [1.29, 1.82) is 0 Å². The molecule has 0 unspecified atom stereocenters. The number of fused-ring (bicyclic) bond motifs is 1. The Morgan fingerprint density at radius 3 is 2.24 bits per heavy atom. The molecule has 0 aliphatic carbocycles. The smallest absolute Gasteiger partial charge is 0.282 e. The van der Waals surface area contributed by atoms with E-state index in [9.17, 15) is 9.90 Å². The molecule has 6 rings (SSSR count). The third-order valence-electron chi connectivity index (χ3n) is 8.42. The molecule has 2 aromatic carbocycles. The summed E-state index contributed by atoms with van der Waals surface area (Å²) in [5.41, 5.74) is 2.13. The minimum atomic E-state index is -1.12. The van der Waals surface area contributed by atoms with Gasteiger partial charge in [-0.3, -0.25) is 4.79 Å². The fraction of sp³-hybridized carbons (Fsp3) is 0.303. The second-order valence-corrected chi connectivity index (χ2v) is 12.0. The van der Waals surface area contributed by atoms with Crippen LogP contribution in [0.15, 0.2) is 71.7 Å². The normalized spacial score (nSPS) is 14.2. The fourth-order valence-electron chi connectivity index (χ4n) is 5.49. The van der Waals surface area contributed by atoms with Gasteiger partial charge >= 0.3 is 0 Å². The first-order valence-corrected chi connectivity index (χ1v) is 15.7. The van der Waals surface area contributed by atoms with Crippen molar-refractivity contribution in [1.82, 2.24) is 29.6 Å². The molecular formula is C33H34Cl2N8O2. The molecule has 45 heavy (non-hydrogen) atoms. The van der Waals surface area contributed by atoms with E-state index in [0.29, 0.717) is 41.4 Å². The number of piperazine rings is 1. The molecule has 0 amide bonds. The van der Waals surface area contributed by atoms with Gasteiger partial charge in [0.2, 0.25) is 5.95 Å². The van der Waals surface area contributed by atoms with Gasteiger partial charge in [-0.2, -0.15) is 9.78 Å². The highest BCUT2D eigenvalue weighted by molar-refractivity contribution is 6.37. The highest BCUT2D eigenvalue weighted by atomic mass is 35.5. The molecule has 232 valence electrons. The van der Waals surface area contributed by atoms with Crippen LogP contribution in [0.25, 0.3) is 28.0 Å². The van der Waals surface area contributed by atoms with E-state index < -0.39 is 11.2 Å². The second kappa shape index (κ2) is 12.7. The number of aliphatic hydroxyl groups is 1. The highest BCUT2D eigenvalue weighted by Crippen LogP contribution is 2.32. The monoisotopic (exact) mass is 644 g/mol. The maximum Gasteiger partial charge on any atom is 0.282 e. The van der Waals surface area contributed by atoms with Crippen molar-refractivity contribution in [2.45, 2.75) is 32.3 Å². The Hall–Kier alpha value is -4.09. The van der Waals surface area contributed by atoms with Crippen molar-refractivity contribution < 1.29 is 5.11 Å². The molecule has 0 radical (unpaired) electrons. The molecule has 0 atom stereocenters. The van der Waals surface area contributed by atoms with Gasteiger partial charge in [-0.15, -0.1) is 0 Å². The number of benzene rings is 2. The van der Waals surface area contributed by atoms with Crippen LogP contribution in [0.5, 0.6) is 0 Å². The van der Waals surface area contributed by atoms with Gasteiger partial charge in [0.1, 0.15) is 22.5 Å². The van der Waals surface area contributed by atoms with Crippen LogP contribution < -0.4 is 15.8 Å². The van der Waals surface area contributed by atoms with E-state index in [-0.39, 0.29) is 21.1 Å². The van der Waals surface area contributed by atoms with E-state index in [1.807, 2.05) is 32.0 Å². The molecule has 5 aromatic rings. The van der Waals surface area contributed by atoms with Gasteiger partial charge < -0.3 is 20.2 Å². The summed E-state index contributed by atoms with van der Waals surface area (Å²) >= 11 is 13.0. The number of nitrogens with one attached hydrogen (secondary N) is 1. The molecule has 0 saturated carbocycles. The van der Waals surface area contributed by atoms with Gasteiger partial charge in [-0.1, -0.05) is 49.2 Å². The minimum absolute atomic E-state index is 0.209. The zero-order chi connectivity index (χ0) is 31.7. The SMILES string of the molecule is CCC(O)(CC)c1cccc(-c2nn(-c3c(Cl)cccc3Cl)c(=O)c3cnc(Nc4ccc(N5CCN(C)CC5)cc4)nc23)n1. The quantitative estimate of drug-likeness (QED) is 0.208. The lowest BCUT2D eigenvalue weighted by molar-refractivity contribution is 0.0241. The maximum atomic E-state index is 13.8. The number of halogens is 2. The van der Waals surface area contributed by atoms with Gasteiger partial charge in [-0.05, 0) is 68.4 Å². The number of anilines is 3. The van der Waals surface area contributed by atoms with E-state index in [1.165, 1.54) is 6.20 Å². The highest BCUT2D eigenvalue weighted by Gasteiger charge is 2.28. The number of rotatable bonds is 8. The van der Waals surface area contributed by atoms with Crippen LogP contribution in [0, 0.1) is 0 Å². The van der Waals surface area contributed by atoms with Gasteiger partial charge in [0.15, 0.2) is 0 Å². The first kappa shape index (κ1) is 30.9. The molecule has 4 heterocycles. The summed E-state index contributed by atoms with van der Waals surface area (Å²) < 4.78 is 1.16. The van der Waals surface area contributed by atoms with Crippen molar-refractivity contribution in [2.24, 2.45) is 0 Å². The van der Waals surface area contributed by atoms with Crippen molar-refractivity contribution in [3.63, 3.8) is 0 Å². The largest absolute Gasteiger partial charge is 0.384 e. The lowest BCUT2D eigenvalue weighted by Gasteiger charge is -2.34. The molecule has 0 spiro atoms. The number of likely N-dealkylation sites (N-methyl/N-ethyl adjacent to an activating group) is 1. The summed E-state index contributed by atoms with van der Waals surface area (Å²) in [5.74, 6) is 0.292. The van der Waals surface area contributed by atoms with E-state index in [2.05, 4.69) is 39.3 Å². The molecule has 1 saturated heterocycles. The summed E-state index contributed by atoms with van der Waals surface area (Å²) in [4.78, 5) is 32.6. The molecule has 0 bridgehead atoms. The third kappa shape index (κ3) is 6.11. The number of hydrogen-bond donors (Lipinski definition) is 2. The molecule has 10 nitrogen and oxygen atoms in total. The van der Waals surface area contributed by atoms with Crippen LogP contribution in [0.2, 0.25) is 10.0 Å². The van der Waals surface area contributed by atoms with Crippen LogP contribution in [0.3, 0.4) is 0 Å². The summed E-state index contributed by atoms with van der Waals surface area (Å²) in [7, 11) is 2.14. The standard InChI is InChI=1S/C33H34Cl2N8O2/c1-4-33(45,5-2)27-11-7-10-26(38-27)29-28-23(31(44)43(40-29)30-24(34)8-6-9-25(30)35)20-36-32(39-28)37-21-12-14-22(15-13-21)42-18-16-41(3)17-19-42/h6-15,20,45H,4-5,16-19H2,1-3H3,(H,36,37,39). The van der Waals surface area contributed by atoms with E-state index >= 15 is 0 Å². The Kier molecular flexibility index (Phi) is 8.74. The summed E-state index contributed by atoms with van der Waals surface area (Å²) in [6, 6.07) is 18.5. The van der Waals surface area contributed by atoms with Crippen molar-refractivity contribution in [3.05, 3.63) is 93.0 Å². The second-order valence-electron chi connectivity index (χ2n) is 11.2. The molecular weight excluding hydrogens is 611 g/mol. The molecule has 12 heteroatoms. The lowest BCUT2D eigenvalue weighted by atomic mass is 9.92. The topological polar surface area (TPSA) is 112 Å². The molecule has 3 aromatic heterocycles. The Labute approximate surface area is 271 Å². The molecule has 2 N–H and O–H groups in total. The predicted molar refractivity (Wildman–Crippen MR) is 180 cm³/mol. The van der Waals surface area contributed by atoms with Crippen LogP contribution in [-0.4, -0.2) is 68.0 Å². The van der Waals surface area contributed by atoms with Crippen LogP contribution in [-0.2, 0) is 5.60 Å². The number of hydrogen-bond acceptors (Lipinski definition) is 9. The first-order valence-electron chi connectivity index (χ1n) is 15.0. The first-order chi connectivity index (χ1) is 21.7. The van der Waals surface area contributed by atoms with Crippen LogP contribution in [0.1, 0.15) is 32.4 Å². The van der Waals surface area contributed by atoms with Crippen molar-refractivity contribution >= 4 is 51.4 Å². The van der Waals surface area contributed by atoms with Crippen LogP contribution in [0.4, 0.5) is 17.3 Å². The Balaban J connectivity index is 1.45. The number of para-hydroxylation sites is 1. The lowest BCUT2D eigenvalue weighted by Crippen LogP contribution is -2.44. The predicted octanol–water partition coefficient (Wildman–Crippen LogP) is 6.05. The van der Waals surface area contributed by atoms with Gasteiger partial charge in [0.05, 0.1) is 26.8 Å². The maximum absolute atomic E-state index is 13.8. The molecule has 1 aliphatic heterocycles. The number of pyridine rings is 1. The van der Waals surface area contributed by atoms with E-state index in [0.717, 1.165) is 42.2 Å². The Morgan fingerprint density at radius 1 is 0.911 bits per heavy atom. The average molecular weight is 646 g/mol. The summed E-state index contributed by atoms with van der Waals surface area (Å²) in [5, 5.41) is 19.9. The zero-order valence-corrected chi connectivity index (χ0v) is 26.8. The minimum Gasteiger partial charge on any atom is -0.384 e. The number of nitrogens with zero attached hydrogens (tertiary/aromatic N) is 7.